The highest BCUT2D eigenvalue weighted by Gasteiger charge is 2.29. The third-order valence-corrected chi connectivity index (χ3v) is 8.16. The fourth-order valence-electron chi connectivity index (χ4n) is 6.05. The van der Waals surface area contributed by atoms with Gasteiger partial charge in [-0.15, -0.1) is 5.10 Å². The summed E-state index contributed by atoms with van der Waals surface area (Å²) >= 11 is 0. The highest BCUT2D eigenvalue weighted by atomic mass is 19.2. The van der Waals surface area contributed by atoms with Crippen molar-refractivity contribution in [1.82, 2.24) is 24.5 Å². The summed E-state index contributed by atoms with van der Waals surface area (Å²) in [6.07, 6.45) is 4.11. The summed E-state index contributed by atoms with van der Waals surface area (Å²) in [7, 11) is 1.83. The number of halogens is 2. The maximum atomic E-state index is 15.6. The molecule has 5 aromatic rings. The van der Waals surface area contributed by atoms with Gasteiger partial charge in [0.05, 0.1) is 39.6 Å². The van der Waals surface area contributed by atoms with Gasteiger partial charge in [-0.2, -0.15) is 0 Å². The molecule has 0 bridgehead atoms. The Morgan fingerprint density at radius 1 is 1.10 bits per heavy atom. The van der Waals surface area contributed by atoms with E-state index < -0.39 is 23.3 Å². The molecular formula is C31H33F2N5O2. The van der Waals surface area contributed by atoms with E-state index in [1.807, 2.05) is 38.2 Å². The Balaban J connectivity index is 1.67. The van der Waals surface area contributed by atoms with Crippen LogP contribution in [0, 0.1) is 24.5 Å². The molecule has 6 rings (SSSR count). The van der Waals surface area contributed by atoms with Crippen LogP contribution < -0.4 is 0 Å². The lowest BCUT2D eigenvalue weighted by atomic mass is 9.88. The van der Waals surface area contributed by atoms with E-state index in [1.54, 1.807) is 36.9 Å². The van der Waals surface area contributed by atoms with Crippen LogP contribution in [-0.2, 0) is 17.4 Å². The molecule has 1 saturated heterocycles. The zero-order chi connectivity index (χ0) is 28.2. The first kappa shape index (κ1) is 26.5. The van der Waals surface area contributed by atoms with Crippen LogP contribution in [-0.4, -0.2) is 42.9 Å². The predicted octanol–water partition coefficient (Wildman–Crippen LogP) is 6.21. The van der Waals surface area contributed by atoms with Crippen LogP contribution in [0.1, 0.15) is 56.0 Å². The minimum Gasteiger partial charge on any atom is -0.386 e. The van der Waals surface area contributed by atoms with E-state index in [2.05, 4.69) is 14.9 Å². The summed E-state index contributed by atoms with van der Waals surface area (Å²) in [5, 5.41) is 20.1. The van der Waals surface area contributed by atoms with Crippen molar-refractivity contribution < 1.29 is 18.6 Å². The topological polar surface area (TPSA) is 78.0 Å². The molecule has 1 aliphatic rings. The molecule has 40 heavy (non-hydrogen) atoms. The average Bonchev–Trinajstić information content (AvgIpc) is 3.44. The van der Waals surface area contributed by atoms with E-state index in [1.165, 1.54) is 0 Å². The molecule has 208 valence electrons. The minimum absolute atomic E-state index is 0.269. The van der Waals surface area contributed by atoms with E-state index in [0.29, 0.717) is 25.2 Å². The van der Waals surface area contributed by atoms with E-state index in [9.17, 15) is 9.50 Å². The Hall–Kier alpha value is -3.69. The molecule has 2 aromatic carbocycles. The fourth-order valence-corrected chi connectivity index (χ4v) is 6.05. The molecule has 4 heterocycles. The van der Waals surface area contributed by atoms with Gasteiger partial charge >= 0.3 is 0 Å². The summed E-state index contributed by atoms with van der Waals surface area (Å²) in [4.78, 5) is 4.88. The van der Waals surface area contributed by atoms with Crippen molar-refractivity contribution in [2.75, 3.05) is 13.2 Å². The number of pyridine rings is 1. The van der Waals surface area contributed by atoms with Crippen molar-refractivity contribution in [3.05, 3.63) is 77.1 Å². The van der Waals surface area contributed by atoms with Gasteiger partial charge in [0.25, 0.3) is 0 Å². The Labute approximate surface area is 231 Å². The highest BCUT2D eigenvalue weighted by Crippen LogP contribution is 2.41. The summed E-state index contributed by atoms with van der Waals surface area (Å²) in [5.41, 5.74) is 4.71. The molecule has 0 saturated carbocycles. The van der Waals surface area contributed by atoms with Crippen LogP contribution in [0.3, 0.4) is 0 Å². The van der Waals surface area contributed by atoms with Crippen LogP contribution >= 0.6 is 0 Å². The lowest BCUT2D eigenvalue weighted by molar-refractivity contribution is 0.0608. The van der Waals surface area contributed by atoms with Crippen molar-refractivity contribution in [3.8, 4) is 11.3 Å². The lowest BCUT2D eigenvalue weighted by Gasteiger charge is -2.29. The molecule has 0 radical (unpaired) electrons. The maximum absolute atomic E-state index is 15.6. The molecule has 1 aliphatic heterocycles. The number of aromatic nitrogens is 5. The van der Waals surface area contributed by atoms with Gasteiger partial charge in [0.2, 0.25) is 0 Å². The SMILES string of the molecule is Cc1nnn(C)c1-c1cnc2c3ccc(C(C)(C)O)cc3n(C(CC3CCOCC3)c3cccc(F)c3F)c2c1. The zero-order valence-electron chi connectivity index (χ0n) is 23.2. The number of benzene rings is 2. The second kappa shape index (κ2) is 10.1. The zero-order valence-corrected chi connectivity index (χ0v) is 23.2. The number of fused-ring (bicyclic) bond motifs is 3. The molecule has 1 atom stereocenters. The maximum Gasteiger partial charge on any atom is 0.164 e. The second-order valence-electron chi connectivity index (χ2n) is 11.4. The van der Waals surface area contributed by atoms with E-state index in [0.717, 1.165) is 63.4 Å². The number of ether oxygens (including phenoxy) is 1. The quantitative estimate of drug-likeness (QED) is 0.275. The van der Waals surface area contributed by atoms with E-state index in [-0.39, 0.29) is 5.92 Å². The van der Waals surface area contributed by atoms with E-state index >= 15 is 4.39 Å². The molecule has 7 nitrogen and oxygen atoms in total. The molecule has 1 fully saturated rings. The monoisotopic (exact) mass is 545 g/mol. The van der Waals surface area contributed by atoms with Crippen LogP contribution in [0.15, 0.2) is 48.7 Å². The van der Waals surface area contributed by atoms with Crippen molar-refractivity contribution in [1.29, 1.82) is 0 Å². The second-order valence-corrected chi connectivity index (χ2v) is 11.4. The molecule has 0 amide bonds. The first-order chi connectivity index (χ1) is 19.1. The predicted molar refractivity (Wildman–Crippen MR) is 150 cm³/mol. The van der Waals surface area contributed by atoms with Gasteiger partial charge < -0.3 is 14.4 Å². The number of hydrogen-bond donors (Lipinski definition) is 1. The van der Waals surface area contributed by atoms with Crippen LogP contribution in [0.5, 0.6) is 0 Å². The smallest absolute Gasteiger partial charge is 0.164 e. The normalized spacial score (nSPS) is 15.8. The Morgan fingerprint density at radius 2 is 1.88 bits per heavy atom. The minimum atomic E-state index is -1.09. The van der Waals surface area contributed by atoms with Crippen molar-refractivity contribution in [3.63, 3.8) is 0 Å². The van der Waals surface area contributed by atoms with Gasteiger partial charge in [-0.05, 0) is 69.7 Å². The Kier molecular flexibility index (Phi) is 6.67. The number of nitrogens with zero attached hydrogens (tertiary/aromatic N) is 5. The molecule has 0 spiro atoms. The molecule has 9 heteroatoms. The largest absolute Gasteiger partial charge is 0.386 e. The summed E-state index contributed by atoms with van der Waals surface area (Å²) in [5.74, 6) is -1.45. The third-order valence-electron chi connectivity index (χ3n) is 8.16. The summed E-state index contributed by atoms with van der Waals surface area (Å²) in [6.45, 7) is 6.67. The first-order valence-corrected chi connectivity index (χ1v) is 13.7. The summed E-state index contributed by atoms with van der Waals surface area (Å²) < 4.78 is 39.7. The third kappa shape index (κ3) is 4.57. The Morgan fingerprint density at radius 3 is 2.58 bits per heavy atom. The van der Waals surface area contributed by atoms with E-state index in [4.69, 9.17) is 9.72 Å². The molecular weight excluding hydrogens is 512 g/mol. The highest BCUT2D eigenvalue weighted by molar-refractivity contribution is 6.07. The lowest BCUT2D eigenvalue weighted by Crippen LogP contribution is -2.22. The summed E-state index contributed by atoms with van der Waals surface area (Å²) in [6, 6.07) is 11.7. The van der Waals surface area contributed by atoms with Gasteiger partial charge in [-0.1, -0.05) is 29.5 Å². The number of rotatable bonds is 6. The van der Waals surface area contributed by atoms with Crippen LogP contribution in [0.2, 0.25) is 0 Å². The standard InChI is InChI=1S/C31H33F2N5O2/c1-18-30(37(4)36-35-18)20-15-27-29(34-17-20)23-9-8-21(31(2,3)39)16-26(23)38(27)25(14-19-10-12-40-13-11-19)22-6-5-7-24(32)28(22)33/h5-9,15-17,19,25,39H,10-14H2,1-4H3. The van der Waals surface area contributed by atoms with Crippen molar-refractivity contribution in [2.45, 2.75) is 51.7 Å². The van der Waals surface area contributed by atoms with Gasteiger partial charge in [0.1, 0.15) is 0 Å². The fraction of sp³-hybridized carbons (Fsp3) is 0.387. The number of hydrogen-bond acceptors (Lipinski definition) is 5. The van der Waals surface area contributed by atoms with Gasteiger partial charge in [-0.25, -0.2) is 13.5 Å². The van der Waals surface area contributed by atoms with Crippen molar-refractivity contribution in [2.24, 2.45) is 13.0 Å². The average molecular weight is 546 g/mol. The molecule has 1 N–H and O–H groups in total. The number of aryl methyl sites for hydroxylation is 2. The Bertz CT molecular complexity index is 1690. The van der Waals surface area contributed by atoms with Crippen molar-refractivity contribution >= 4 is 21.9 Å². The van der Waals surface area contributed by atoms with Gasteiger partial charge in [-0.3, -0.25) is 4.98 Å². The van der Waals surface area contributed by atoms with Crippen LogP contribution in [0.4, 0.5) is 8.78 Å². The van der Waals surface area contributed by atoms with Gasteiger partial charge in [0.15, 0.2) is 11.6 Å². The first-order valence-electron chi connectivity index (χ1n) is 13.7. The van der Waals surface area contributed by atoms with Crippen LogP contribution in [0.25, 0.3) is 33.2 Å². The van der Waals surface area contributed by atoms with Gasteiger partial charge in [0, 0.05) is 43.0 Å². The molecule has 1 unspecified atom stereocenters. The molecule has 3 aromatic heterocycles. The number of aliphatic hydroxyl groups is 1. The molecule has 0 aliphatic carbocycles.